The normalized spacial score (nSPS) is 15.9. The van der Waals surface area contributed by atoms with E-state index >= 15 is 0 Å². The van der Waals surface area contributed by atoms with Gasteiger partial charge in [-0.15, -0.1) is 0 Å². The van der Waals surface area contributed by atoms with Gasteiger partial charge in [-0.05, 0) is 36.8 Å². The highest BCUT2D eigenvalue weighted by Crippen LogP contribution is 2.28. The lowest BCUT2D eigenvalue weighted by Gasteiger charge is -2.00. The van der Waals surface area contributed by atoms with Crippen LogP contribution in [0.4, 0.5) is 0 Å². The molecular weight excluding hydrogens is 321 g/mol. The van der Waals surface area contributed by atoms with E-state index in [1.165, 1.54) is 0 Å². The molecule has 0 atom stereocenters. The van der Waals surface area contributed by atoms with Crippen LogP contribution in [0.3, 0.4) is 0 Å². The van der Waals surface area contributed by atoms with Gasteiger partial charge < -0.3 is 4.74 Å². The summed E-state index contributed by atoms with van der Waals surface area (Å²) in [6.45, 7) is 1.98. The summed E-state index contributed by atoms with van der Waals surface area (Å²) in [5, 5.41) is 0.800. The van der Waals surface area contributed by atoms with Crippen LogP contribution in [0, 0.1) is 6.92 Å². The number of rotatable bonds is 2. The minimum absolute atomic E-state index is 0.194. The van der Waals surface area contributed by atoms with Crippen LogP contribution in [-0.2, 0) is 9.53 Å². The van der Waals surface area contributed by atoms with Crippen molar-refractivity contribution in [3.05, 3.63) is 74.9 Å². The SMILES string of the molecule is Cc1ccc(C2=N/C(=C\c3cccc(Cl)c3Cl)C(=O)O2)cc1. The molecule has 3 nitrogen and oxygen atoms in total. The van der Waals surface area contributed by atoms with Gasteiger partial charge in [-0.2, -0.15) is 0 Å². The Morgan fingerprint density at radius 1 is 1.09 bits per heavy atom. The second-order valence-corrected chi connectivity index (χ2v) is 5.63. The van der Waals surface area contributed by atoms with Gasteiger partial charge in [0.2, 0.25) is 5.90 Å². The number of halogens is 2. The molecule has 110 valence electrons. The molecule has 0 fully saturated rings. The zero-order valence-electron chi connectivity index (χ0n) is 11.6. The number of aliphatic imine (C=N–C) groups is 1. The number of hydrogen-bond acceptors (Lipinski definition) is 3. The Bertz CT molecular complexity index is 808. The van der Waals surface area contributed by atoms with Crippen LogP contribution in [0.15, 0.2) is 53.2 Å². The maximum Gasteiger partial charge on any atom is 0.363 e. The van der Waals surface area contributed by atoms with Crippen LogP contribution in [-0.4, -0.2) is 11.9 Å². The summed E-state index contributed by atoms with van der Waals surface area (Å²) in [4.78, 5) is 16.2. The lowest BCUT2D eigenvalue weighted by Crippen LogP contribution is -2.05. The zero-order chi connectivity index (χ0) is 15.7. The van der Waals surface area contributed by atoms with Crippen LogP contribution in [0.25, 0.3) is 6.08 Å². The third-order valence-electron chi connectivity index (χ3n) is 3.19. The molecule has 3 rings (SSSR count). The largest absolute Gasteiger partial charge is 0.402 e. The van der Waals surface area contributed by atoms with Crippen molar-refractivity contribution in [1.82, 2.24) is 0 Å². The van der Waals surface area contributed by atoms with E-state index in [0.29, 0.717) is 15.6 Å². The number of ether oxygens (including phenoxy) is 1. The Hall–Kier alpha value is -2.10. The van der Waals surface area contributed by atoms with Crippen molar-refractivity contribution >= 4 is 41.1 Å². The minimum Gasteiger partial charge on any atom is -0.402 e. The first-order chi connectivity index (χ1) is 10.5. The topological polar surface area (TPSA) is 38.7 Å². The fraction of sp³-hybridized carbons (Fsp3) is 0.0588. The van der Waals surface area contributed by atoms with Gasteiger partial charge in [0.05, 0.1) is 10.0 Å². The summed E-state index contributed by atoms with van der Waals surface area (Å²) in [5.74, 6) is -0.221. The number of nitrogens with zero attached hydrogens (tertiary/aromatic N) is 1. The number of aryl methyl sites for hydroxylation is 1. The molecule has 0 saturated carbocycles. The van der Waals surface area contributed by atoms with Crippen LogP contribution in [0.2, 0.25) is 10.0 Å². The summed E-state index contributed by atoms with van der Waals surface area (Å²) in [7, 11) is 0. The fourth-order valence-electron chi connectivity index (χ4n) is 2.01. The van der Waals surface area contributed by atoms with Crippen molar-refractivity contribution in [2.75, 3.05) is 0 Å². The van der Waals surface area contributed by atoms with E-state index in [1.807, 2.05) is 31.2 Å². The van der Waals surface area contributed by atoms with E-state index in [0.717, 1.165) is 11.1 Å². The summed E-state index contributed by atoms with van der Waals surface area (Å²) in [6, 6.07) is 12.8. The highest BCUT2D eigenvalue weighted by atomic mass is 35.5. The van der Waals surface area contributed by atoms with Crippen molar-refractivity contribution < 1.29 is 9.53 Å². The van der Waals surface area contributed by atoms with E-state index in [9.17, 15) is 4.79 Å². The van der Waals surface area contributed by atoms with Gasteiger partial charge in [0, 0.05) is 5.56 Å². The first-order valence-electron chi connectivity index (χ1n) is 6.58. The number of benzene rings is 2. The molecule has 1 heterocycles. The third kappa shape index (κ3) is 2.91. The highest BCUT2D eigenvalue weighted by molar-refractivity contribution is 6.43. The van der Waals surface area contributed by atoms with Crippen LogP contribution in [0.1, 0.15) is 16.7 Å². The number of carbonyl (C=O) groups is 1. The molecule has 0 spiro atoms. The summed E-state index contributed by atoms with van der Waals surface area (Å²) in [5.41, 5.74) is 2.68. The van der Waals surface area contributed by atoms with Gasteiger partial charge in [-0.25, -0.2) is 9.79 Å². The van der Waals surface area contributed by atoms with Gasteiger partial charge >= 0.3 is 5.97 Å². The average molecular weight is 332 g/mol. The highest BCUT2D eigenvalue weighted by Gasteiger charge is 2.24. The lowest BCUT2D eigenvalue weighted by atomic mass is 10.1. The van der Waals surface area contributed by atoms with E-state index in [2.05, 4.69) is 4.99 Å². The molecule has 0 unspecified atom stereocenters. The summed E-state index contributed by atoms with van der Waals surface area (Å²) < 4.78 is 5.21. The van der Waals surface area contributed by atoms with Crippen molar-refractivity contribution in [3.8, 4) is 0 Å². The van der Waals surface area contributed by atoms with Gasteiger partial charge in [-0.3, -0.25) is 0 Å². The number of hydrogen-bond donors (Lipinski definition) is 0. The Kier molecular flexibility index (Phi) is 4.01. The number of esters is 1. The predicted molar refractivity (Wildman–Crippen MR) is 88.2 cm³/mol. The molecule has 5 heteroatoms. The Morgan fingerprint density at radius 2 is 1.82 bits per heavy atom. The molecule has 2 aromatic rings. The van der Waals surface area contributed by atoms with Crippen LogP contribution < -0.4 is 0 Å². The van der Waals surface area contributed by atoms with E-state index < -0.39 is 5.97 Å². The molecule has 0 bridgehead atoms. The van der Waals surface area contributed by atoms with Gasteiger partial charge in [0.15, 0.2) is 5.70 Å². The smallest absolute Gasteiger partial charge is 0.363 e. The summed E-state index contributed by atoms with van der Waals surface area (Å²) in [6.07, 6.45) is 1.57. The third-order valence-corrected chi connectivity index (χ3v) is 4.03. The minimum atomic E-state index is -0.508. The van der Waals surface area contributed by atoms with E-state index in [4.69, 9.17) is 27.9 Å². The standard InChI is InChI=1S/C17H11Cl2NO2/c1-10-5-7-11(8-6-10)16-20-14(17(21)22-16)9-12-3-2-4-13(18)15(12)19/h2-9H,1H3/b14-9-. The quantitative estimate of drug-likeness (QED) is 0.593. The molecule has 0 N–H and O–H groups in total. The van der Waals surface area contributed by atoms with Crippen molar-refractivity contribution in [2.24, 2.45) is 4.99 Å². The molecule has 2 aromatic carbocycles. The van der Waals surface area contributed by atoms with Gasteiger partial charge in [-0.1, -0.05) is 53.0 Å². The predicted octanol–water partition coefficient (Wildman–Crippen LogP) is 4.65. The van der Waals surface area contributed by atoms with Gasteiger partial charge in [0.25, 0.3) is 0 Å². The van der Waals surface area contributed by atoms with Crippen LogP contribution >= 0.6 is 23.2 Å². The Labute approximate surface area is 137 Å². The molecule has 0 saturated heterocycles. The molecule has 0 aliphatic carbocycles. The fourth-order valence-corrected chi connectivity index (χ4v) is 2.37. The maximum absolute atomic E-state index is 11.9. The maximum atomic E-state index is 11.9. The Balaban J connectivity index is 1.97. The zero-order valence-corrected chi connectivity index (χ0v) is 13.2. The molecule has 0 radical (unpaired) electrons. The van der Waals surface area contributed by atoms with Crippen molar-refractivity contribution in [3.63, 3.8) is 0 Å². The second kappa shape index (κ2) is 5.95. The first-order valence-corrected chi connectivity index (χ1v) is 7.34. The summed E-state index contributed by atoms with van der Waals surface area (Å²) >= 11 is 12.1. The number of carbonyl (C=O) groups excluding carboxylic acids is 1. The van der Waals surface area contributed by atoms with E-state index in [-0.39, 0.29) is 11.6 Å². The van der Waals surface area contributed by atoms with Crippen molar-refractivity contribution in [1.29, 1.82) is 0 Å². The number of cyclic esters (lactones) is 1. The lowest BCUT2D eigenvalue weighted by molar-refractivity contribution is -0.129. The first kappa shape index (κ1) is 14.8. The molecule has 0 aromatic heterocycles. The molecule has 1 aliphatic rings. The molecular formula is C17H11Cl2NO2. The monoisotopic (exact) mass is 331 g/mol. The Morgan fingerprint density at radius 3 is 2.55 bits per heavy atom. The molecule has 1 aliphatic heterocycles. The second-order valence-electron chi connectivity index (χ2n) is 4.85. The van der Waals surface area contributed by atoms with Crippen LogP contribution in [0.5, 0.6) is 0 Å². The van der Waals surface area contributed by atoms with Crippen molar-refractivity contribution in [2.45, 2.75) is 6.92 Å². The molecule has 0 amide bonds. The average Bonchev–Trinajstić information content (AvgIpc) is 2.86. The van der Waals surface area contributed by atoms with Gasteiger partial charge in [0.1, 0.15) is 0 Å². The molecule has 22 heavy (non-hydrogen) atoms. The van der Waals surface area contributed by atoms with E-state index in [1.54, 1.807) is 24.3 Å².